The van der Waals surface area contributed by atoms with Crippen molar-refractivity contribution in [2.45, 2.75) is 38.6 Å². The van der Waals surface area contributed by atoms with Crippen molar-refractivity contribution in [3.8, 4) is 17.2 Å². The number of methoxy groups -OCH3 is 1. The SMILES string of the molecule is COc1ccc2c(c1)c(=O)n(CC1CCC(C(=O)Cc3ccc(-c4ncco4)cc3)CC1)c(=O)n2C. The zero-order chi connectivity index (χ0) is 25.2. The first-order chi connectivity index (χ1) is 17.4. The second-order valence-electron chi connectivity index (χ2n) is 9.54. The Kier molecular flexibility index (Phi) is 6.59. The molecule has 4 aromatic rings. The lowest BCUT2D eigenvalue weighted by Gasteiger charge is -2.28. The molecule has 186 valence electrons. The highest BCUT2D eigenvalue weighted by Crippen LogP contribution is 2.31. The van der Waals surface area contributed by atoms with Gasteiger partial charge in [0.2, 0.25) is 5.89 Å². The summed E-state index contributed by atoms with van der Waals surface area (Å²) >= 11 is 0. The van der Waals surface area contributed by atoms with Gasteiger partial charge in [-0.05, 0) is 67.5 Å². The summed E-state index contributed by atoms with van der Waals surface area (Å²) in [7, 11) is 3.23. The van der Waals surface area contributed by atoms with Gasteiger partial charge in [-0.3, -0.25) is 18.7 Å². The third kappa shape index (κ3) is 4.63. The Balaban J connectivity index is 1.23. The highest BCUT2D eigenvalue weighted by atomic mass is 16.5. The fourth-order valence-corrected chi connectivity index (χ4v) is 5.19. The predicted octanol–water partition coefficient (Wildman–Crippen LogP) is 3.98. The van der Waals surface area contributed by atoms with Crippen LogP contribution < -0.4 is 16.0 Å². The number of aryl methyl sites for hydroxylation is 1. The molecule has 0 spiro atoms. The molecule has 1 aliphatic carbocycles. The molecular formula is C28H29N3O5. The second kappa shape index (κ2) is 9.97. The van der Waals surface area contributed by atoms with Gasteiger partial charge in [0, 0.05) is 31.5 Å². The van der Waals surface area contributed by atoms with Crippen LogP contribution in [0.1, 0.15) is 31.2 Å². The van der Waals surface area contributed by atoms with Crippen LogP contribution >= 0.6 is 0 Å². The molecule has 0 amide bonds. The Morgan fingerprint density at radius 1 is 1.08 bits per heavy atom. The van der Waals surface area contributed by atoms with E-state index in [1.165, 1.54) is 15.4 Å². The Morgan fingerprint density at radius 2 is 1.83 bits per heavy atom. The summed E-state index contributed by atoms with van der Waals surface area (Å²) < 4.78 is 13.4. The number of carbonyl (C=O) groups excluding carboxylic acids is 1. The zero-order valence-electron chi connectivity index (χ0n) is 20.5. The monoisotopic (exact) mass is 487 g/mol. The zero-order valence-corrected chi connectivity index (χ0v) is 20.5. The molecule has 36 heavy (non-hydrogen) atoms. The molecule has 2 aromatic heterocycles. The number of nitrogens with zero attached hydrogens (tertiary/aromatic N) is 3. The van der Waals surface area contributed by atoms with Crippen molar-refractivity contribution >= 4 is 16.7 Å². The van der Waals surface area contributed by atoms with Crippen LogP contribution in [0, 0.1) is 11.8 Å². The van der Waals surface area contributed by atoms with Gasteiger partial charge in [0.15, 0.2) is 0 Å². The number of fused-ring (bicyclic) bond motifs is 1. The highest BCUT2D eigenvalue weighted by molar-refractivity contribution is 5.83. The maximum Gasteiger partial charge on any atom is 0.331 e. The van der Waals surface area contributed by atoms with Crippen LogP contribution in [0.15, 0.2) is 68.9 Å². The summed E-state index contributed by atoms with van der Waals surface area (Å²) in [5, 5.41) is 0.467. The number of hydrogen-bond donors (Lipinski definition) is 0. The second-order valence-corrected chi connectivity index (χ2v) is 9.54. The molecule has 1 fully saturated rings. The van der Waals surface area contributed by atoms with E-state index in [4.69, 9.17) is 9.15 Å². The minimum Gasteiger partial charge on any atom is -0.497 e. The standard InChI is InChI=1S/C28H29N3O5/c1-30-24-12-11-22(35-2)16-23(24)27(33)31(28(30)34)17-19-5-7-20(8-6-19)25(32)15-18-3-9-21(10-4-18)26-29-13-14-36-26/h3-4,9-14,16,19-20H,5-8,15,17H2,1-2H3. The van der Waals surface area contributed by atoms with E-state index in [0.717, 1.165) is 36.8 Å². The molecule has 0 bridgehead atoms. The maximum absolute atomic E-state index is 13.1. The summed E-state index contributed by atoms with van der Waals surface area (Å²) in [5.41, 5.74) is 1.83. The lowest BCUT2D eigenvalue weighted by atomic mass is 9.79. The highest BCUT2D eigenvalue weighted by Gasteiger charge is 2.27. The smallest absolute Gasteiger partial charge is 0.331 e. The molecule has 0 unspecified atom stereocenters. The molecule has 2 heterocycles. The number of rotatable bonds is 7. The fourth-order valence-electron chi connectivity index (χ4n) is 5.19. The molecule has 0 atom stereocenters. The number of ether oxygens (including phenoxy) is 1. The molecule has 8 heteroatoms. The summed E-state index contributed by atoms with van der Waals surface area (Å²) in [4.78, 5) is 43.2. The first-order valence-electron chi connectivity index (χ1n) is 12.2. The number of carbonyl (C=O) groups is 1. The van der Waals surface area contributed by atoms with Gasteiger partial charge >= 0.3 is 5.69 Å². The summed E-state index contributed by atoms with van der Waals surface area (Å²) in [6, 6.07) is 12.9. The van der Waals surface area contributed by atoms with Crippen molar-refractivity contribution in [1.82, 2.24) is 14.1 Å². The van der Waals surface area contributed by atoms with Gasteiger partial charge < -0.3 is 9.15 Å². The van der Waals surface area contributed by atoms with Gasteiger partial charge in [-0.1, -0.05) is 12.1 Å². The van der Waals surface area contributed by atoms with Crippen LogP contribution in [-0.2, 0) is 24.8 Å². The Hall–Kier alpha value is -3.94. The van der Waals surface area contributed by atoms with E-state index in [1.54, 1.807) is 38.6 Å². The van der Waals surface area contributed by atoms with Crippen LogP contribution in [0.25, 0.3) is 22.4 Å². The van der Waals surface area contributed by atoms with E-state index in [1.807, 2.05) is 24.3 Å². The maximum atomic E-state index is 13.1. The summed E-state index contributed by atoms with van der Waals surface area (Å²) in [5.74, 6) is 1.57. The lowest BCUT2D eigenvalue weighted by Crippen LogP contribution is -2.41. The van der Waals surface area contributed by atoms with Gasteiger partial charge in [-0.2, -0.15) is 0 Å². The Bertz CT molecular complexity index is 1490. The van der Waals surface area contributed by atoms with Crippen molar-refractivity contribution in [3.05, 3.63) is 81.3 Å². The van der Waals surface area contributed by atoms with Crippen molar-refractivity contribution in [2.75, 3.05) is 7.11 Å². The van der Waals surface area contributed by atoms with Gasteiger partial charge in [0.1, 0.15) is 17.8 Å². The molecule has 0 aliphatic heterocycles. The van der Waals surface area contributed by atoms with Crippen LogP contribution in [0.2, 0.25) is 0 Å². The van der Waals surface area contributed by atoms with Crippen LogP contribution in [-0.4, -0.2) is 27.0 Å². The number of oxazole rings is 1. The summed E-state index contributed by atoms with van der Waals surface area (Å²) in [6.07, 6.45) is 6.70. The topological polar surface area (TPSA) is 96.3 Å². The minimum absolute atomic E-state index is 0.00749. The van der Waals surface area contributed by atoms with Gasteiger partial charge in [-0.15, -0.1) is 0 Å². The largest absolute Gasteiger partial charge is 0.497 e. The van der Waals surface area contributed by atoms with Crippen LogP contribution in [0.3, 0.4) is 0 Å². The third-order valence-electron chi connectivity index (χ3n) is 7.31. The minimum atomic E-state index is -0.316. The molecule has 2 aromatic carbocycles. The molecular weight excluding hydrogens is 458 g/mol. The molecule has 0 saturated heterocycles. The molecule has 1 saturated carbocycles. The number of Topliss-reactive ketones (excluding diaryl/α,β-unsaturated/α-hetero) is 1. The number of benzene rings is 2. The van der Waals surface area contributed by atoms with E-state index >= 15 is 0 Å². The van der Waals surface area contributed by atoms with Crippen molar-refractivity contribution < 1.29 is 13.9 Å². The Morgan fingerprint density at radius 3 is 2.50 bits per heavy atom. The van der Waals surface area contributed by atoms with E-state index in [0.29, 0.717) is 35.5 Å². The van der Waals surface area contributed by atoms with E-state index < -0.39 is 0 Å². The summed E-state index contributed by atoms with van der Waals surface area (Å²) in [6.45, 7) is 0.363. The number of ketones is 1. The third-order valence-corrected chi connectivity index (χ3v) is 7.31. The average molecular weight is 488 g/mol. The van der Waals surface area contributed by atoms with E-state index in [9.17, 15) is 14.4 Å². The Labute approximate surface area is 208 Å². The van der Waals surface area contributed by atoms with Crippen molar-refractivity contribution in [1.29, 1.82) is 0 Å². The van der Waals surface area contributed by atoms with E-state index in [2.05, 4.69) is 4.98 Å². The van der Waals surface area contributed by atoms with Crippen molar-refractivity contribution in [2.24, 2.45) is 18.9 Å². The van der Waals surface area contributed by atoms with Gasteiger partial charge in [0.25, 0.3) is 5.56 Å². The van der Waals surface area contributed by atoms with Gasteiger partial charge in [0.05, 0.1) is 24.2 Å². The molecule has 5 rings (SSSR count). The normalized spacial score (nSPS) is 17.8. The fraction of sp³-hybridized carbons (Fsp3) is 0.357. The number of aromatic nitrogens is 3. The average Bonchev–Trinajstić information content (AvgIpc) is 3.45. The van der Waals surface area contributed by atoms with Crippen LogP contribution in [0.5, 0.6) is 5.75 Å². The van der Waals surface area contributed by atoms with Crippen molar-refractivity contribution in [3.63, 3.8) is 0 Å². The lowest BCUT2D eigenvalue weighted by molar-refractivity contribution is -0.123. The molecule has 0 radical (unpaired) electrons. The predicted molar refractivity (Wildman–Crippen MR) is 136 cm³/mol. The molecule has 8 nitrogen and oxygen atoms in total. The first kappa shape index (κ1) is 23.8. The van der Waals surface area contributed by atoms with E-state index in [-0.39, 0.29) is 28.9 Å². The quantitative estimate of drug-likeness (QED) is 0.391. The molecule has 0 N–H and O–H groups in total. The molecule has 1 aliphatic rings. The van der Waals surface area contributed by atoms with Gasteiger partial charge in [-0.25, -0.2) is 9.78 Å². The van der Waals surface area contributed by atoms with Crippen LogP contribution in [0.4, 0.5) is 0 Å². The number of hydrogen-bond acceptors (Lipinski definition) is 6. The first-order valence-corrected chi connectivity index (χ1v) is 12.2.